The van der Waals surface area contributed by atoms with Crippen LogP contribution in [0, 0.1) is 0 Å². The summed E-state index contributed by atoms with van der Waals surface area (Å²) in [6.07, 6.45) is 14.3. The van der Waals surface area contributed by atoms with E-state index in [1.807, 2.05) is 6.07 Å². The van der Waals surface area contributed by atoms with Crippen molar-refractivity contribution >= 4 is 27.8 Å². The molecule has 2 fully saturated rings. The Bertz CT molecular complexity index is 1050. The average Bonchev–Trinajstić information content (AvgIpc) is 3.42. The van der Waals surface area contributed by atoms with Crippen molar-refractivity contribution in [3.63, 3.8) is 0 Å². The summed E-state index contributed by atoms with van der Waals surface area (Å²) in [5.41, 5.74) is 3.99. The van der Waals surface area contributed by atoms with Crippen LogP contribution in [0.1, 0.15) is 69.8 Å². The number of nitrogens with one attached hydrogen (secondary N) is 1. The van der Waals surface area contributed by atoms with Gasteiger partial charge in [-0.15, -0.1) is 11.3 Å². The number of unbranched alkanes of at least 4 members (excludes halogenated alkanes) is 2. The SMILES string of the molecule is CN1CC=C(c2ccc(-c3ccc(NC(=O)CCCCCN4CCC(N5CCCCC5)CC4)s3)cc2)CC1. The second-order valence-electron chi connectivity index (χ2n) is 11.5. The number of likely N-dealkylation sites (N-methyl/N-ethyl adjacent to an activating group) is 1. The minimum atomic E-state index is 0.144. The monoisotopic (exact) mass is 534 g/mol. The lowest BCUT2D eigenvalue weighted by atomic mass is 9.98. The zero-order valence-corrected chi connectivity index (χ0v) is 24.1. The second-order valence-corrected chi connectivity index (χ2v) is 12.6. The largest absolute Gasteiger partial charge is 0.318 e. The zero-order chi connectivity index (χ0) is 26.2. The lowest BCUT2D eigenvalue weighted by Gasteiger charge is -2.40. The number of benzene rings is 1. The predicted octanol–water partition coefficient (Wildman–Crippen LogP) is 6.58. The highest BCUT2D eigenvalue weighted by atomic mass is 32.1. The van der Waals surface area contributed by atoms with Crippen LogP contribution in [0.25, 0.3) is 16.0 Å². The zero-order valence-electron chi connectivity index (χ0n) is 23.3. The fourth-order valence-electron chi connectivity index (χ4n) is 6.23. The fraction of sp³-hybridized carbons (Fsp3) is 0.594. The highest BCUT2D eigenvalue weighted by Crippen LogP contribution is 2.33. The second kappa shape index (κ2) is 13.9. The van der Waals surface area contributed by atoms with E-state index >= 15 is 0 Å². The van der Waals surface area contributed by atoms with Gasteiger partial charge in [-0.1, -0.05) is 43.2 Å². The molecule has 3 aliphatic rings. The molecule has 1 amide bonds. The molecule has 0 atom stereocenters. The molecule has 6 heteroatoms. The smallest absolute Gasteiger partial charge is 0.224 e. The van der Waals surface area contributed by atoms with Crippen LogP contribution in [0.5, 0.6) is 0 Å². The van der Waals surface area contributed by atoms with Crippen molar-refractivity contribution in [2.75, 3.05) is 58.2 Å². The van der Waals surface area contributed by atoms with Crippen LogP contribution in [0.3, 0.4) is 0 Å². The average molecular weight is 535 g/mol. The van der Waals surface area contributed by atoms with Gasteiger partial charge >= 0.3 is 0 Å². The molecule has 0 spiro atoms. The Hall–Kier alpha value is -1.99. The van der Waals surface area contributed by atoms with E-state index in [9.17, 15) is 4.79 Å². The normalized spacial score (nSPS) is 20.4. The maximum absolute atomic E-state index is 12.5. The maximum Gasteiger partial charge on any atom is 0.224 e. The predicted molar refractivity (Wildman–Crippen MR) is 162 cm³/mol. The van der Waals surface area contributed by atoms with Gasteiger partial charge in [-0.2, -0.15) is 0 Å². The molecule has 1 aromatic heterocycles. The summed E-state index contributed by atoms with van der Waals surface area (Å²) in [5.74, 6) is 0.144. The molecular formula is C32H46N4OS. The van der Waals surface area contributed by atoms with Crippen molar-refractivity contribution in [2.45, 2.75) is 70.3 Å². The third-order valence-electron chi connectivity index (χ3n) is 8.66. The number of thiophene rings is 1. The summed E-state index contributed by atoms with van der Waals surface area (Å²) in [4.78, 5) is 21.5. The van der Waals surface area contributed by atoms with Crippen molar-refractivity contribution in [3.8, 4) is 10.4 Å². The quantitative estimate of drug-likeness (QED) is 0.349. The molecule has 3 aliphatic heterocycles. The molecule has 0 aliphatic carbocycles. The van der Waals surface area contributed by atoms with Gasteiger partial charge in [-0.3, -0.25) is 4.79 Å². The van der Waals surface area contributed by atoms with Gasteiger partial charge in [0.25, 0.3) is 0 Å². The molecule has 0 saturated carbocycles. The number of carbonyl (C=O) groups excluding carboxylic acids is 1. The third-order valence-corrected chi connectivity index (χ3v) is 9.71. The van der Waals surface area contributed by atoms with Gasteiger partial charge < -0.3 is 20.0 Å². The van der Waals surface area contributed by atoms with Crippen molar-refractivity contribution in [2.24, 2.45) is 0 Å². The molecule has 5 nitrogen and oxygen atoms in total. The Labute approximate surface area is 233 Å². The molecular weight excluding hydrogens is 488 g/mol. The highest BCUT2D eigenvalue weighted by Gasteiger charge is 2.25. The lowest BCUT2D eigenvalue weighted by Crippen LogP contribution is -2.46. The molecule has 4 heterocycles. The molecule has 0 bridgehead atoms. The number of hydrogen-bond donors (Lipinski definition) is 1. The summed E-state index contributed by atoms with van der Waals surface area (Å²) in [6.45, 7) is 8.49. The van der Waals surface area contributed by atoms with E-state index in [-0.39, 0.29) is 5.91 Å². The van der Waals surface area contributed by atoms with Crippen LogP contribution >= 0.6 is 11.3 Å². The lowest BCUT2D eigenvalue weighted by molar-refractivity contribution is -0.116. The molecule has 0 radical (unpaired) electrons. The minimum Gasteiger partial charge on any atom is -0.318 e. The van der Waals surface area contributed by atoms with E-state index in [0.717, 1.165) is 43.4 Å². The van der Waals surface area contributed by atoms with Gasteiger partial charge in [0.1, 0.15) is 0 Å². The number of carbonyl (C=O) groups is 1. The van der Waals surface area contributed by atoms with Crippen molar-refractivity contribution in [3.05, 3.63) is 48.0 Å². The van der Waals surface area contributed by atoms with Crippen LogP contribution in [-0.4, -0.2) is 79.5 Å². The highest BCUT2D eigenvalue weighted by molar-refractivity contribution is 7.19. The summed E-state index contributed by atoms with van der Waals surface area (Å²) < 4.78 is 0. The van der Waals surface area contributed by atoms with Crippen molar-refractivity contribution in [1.82, 2.24) is 14.7 Å². The molecule has 0 unspecified atom stereocenters. The minimum absolute atomic E-state index is 0.144. The molecule has 1 aromatic carbocycles. The Balaban J connectivity index is 0.971. The summed E-state index contributed by atoms with van der Waals surface area (Å²) in [5, 5.41) is 4.07. The van der Waals surface area contributed by atoms with E-state index < -0.39 is 0 Å². The number of amides is 1. The Morgan fingerprint density at radius 1 is 0.895 bits per heavy atom. The molecule has 5 rings (SSSR count). The van der Waals surface area contributed by atoms with E-state index in [1.54, 1.807) is 11.3 Å². The molecule has 2 saturated heterocycles. The van der Waals surface area contributed by atoms with Gasteiger partial charge in [-0.05, 0) is 114 Å². The number of rotatable bonds is 10. The Morgan fingerprint density at radius 3 is 2.39 bits per heavy atom. The summed E-state index contributed by atoms with van der Waals surface area (Å²) in [6, 6.07) is 13.9. The third kappa shape index (κ3) is 7.78. The number of nitrogens with zero attached hydrogens (tertiary/aromatic N) is 3. The molecule has 1 N–H and O–H groups in total. The summed E-state index contributed by atoms with van der Waals surface area (Å²) >= 11 is 1.67. The molecule has 2 aromatic rings. The van der Waals surface area contributed by atoms with Gasteiger partial charge in [0.05, 0.1) is 5.00 Å². The van der Waals surface area contributed by atoms with E-state index in [2.05, 4.69) is 63.5 Å². The number of hydrogen-bond acceptors (Lipinski definition) is 5. The standard InChI is InChI=1S/C32H46N4OS/c1-34-22-15-27(16-23-34)26-9-11-28(12-10-26)30-13-14-32(38-30)33-31(37)8-4-2-5-19-35-24-17-29(18-25-35)36-20-6-3-7-21-36/h9-15,29H,2-8,16-25H2,1H3,(H,33,37). The number of anilines is 1. The van der Waals surface area contributed by atoms with E-state index in [4.69, 9.17) is 0 Å². The van der Waals surface area contributed by atoms with Gasteiger partial charge in [0, 0.05) is 30.4 Å². The Morgan fingerprint density at radius 2 is 1.66 bits per heavy atom. The van der Waals surface area contributed by atoms with Gasteiger partial charge in [0.2, 0.25) is 5.91 Å². The first-order valence-electron chi connectivity index (χ1n) is 15.0. The van der Waals surface area contributed by atoms with Gasteiger partial charge in [-0.25, -0.2) is 0 Å². The van der Waals surface area contributed by atoms with Crippen LogP contribution in [-0.2, 0) is 4.79 Å². The van der Waals surface area contributed by atoms with Crippen LogP contribution in [0.4, 0.5) is 5.00 Å². The fourth-order valence-corrected chi connectivity index (χ4v) is 7.16. The molecule has 206 valence electrons. The van der Waals surface area contributed by atoms with Crippen LogP contribution in [0.15, 0.2) is 42.5 Å². The van der Waals surface area contributed by atoms with E-state index in [0.29, 0.717) is 6.42 Å². The topological polar surface area (TPSA) is 38.8 Å². The first kappa shape index (κ1) is 27.6. The van der Waals surface area contributed by atoms with Crippen molar-refractivity contribution in [1.29, 1.82) is 0 Å². The first-order valence-corrected chi connectivity index (χ1v) is 15.8. The first-order chi connectivity index (χ1) is 18.6. The number of likely N-dealkylation sites (tertiary alicyclic amines) is 2. The van der Waals surface area contributed by atoms with Crippen LogP contribution < -0.4 is 5.32 Å². The molecule has 38 heavy (non-hydrogen) atoms. The Kier molecular flexibility index (Phi) is 10.1. The summed E-state index contributed by atoms with van der Waals surface area (Å²) in [7, 11) is 2.17. The van der Waals surface area contributed by atoms with Crippen molar-refractivity contribution < 1.29 is 4.79 Å². The van der Waals surface area contributed by atoms with Gasteiger partial charge in [0.15, 0.2) is 0 Å². The maximum atomic E-state index is 12.5. The van der Waals surface area contributed by atoms with E-state index in [1.165, 1.54) is 92.8 Å². The van der Waals surface area contributed by atoms with Crippen LogP contribution in [0.2, 0.25) is 0 Å². The number of piperidine rings is 2.